The van der Waals surface area contributed by atoms with Crippen molar-refractivity contribution in [3.63, 3.8) is 0 Å². The minimum Gasteiger partial charge on any atom is -0.457 e. The first kappa shape index (κ1) is 24.3. The summed E-state index contributed by atoms with van der Waals surface area (Å²) in [5, 5.41) is 14.6. The second-order valence-electron chi connectivity index (χ2n) is 9.82. The van der Waals surface area contributed by atoms with E-state index in [9.17, 15) is 5.11 Å². The Bertz CT molecular complexity index is 1350. The molecule has 4 aromatic rings. The van der Waals surface area contributed by atoms with E-state index in [4.69, 9.17) is 14.5 Å². The lowest BCUT2D eigenvalue weighted by Gasteiger charge is -2.27. The topological polar surface area (TPSA) is 79.7 Å². The molecule has 2 atom stereocenters. The maximum Gasteiger partial charge on any atom is 0.184 e. The number of aromatic nitrogens is 2. The quantitative estimate of drug-likeness (QED) is 0.326. The molecule has 1 aliphatic heterocycles. The smallest absolute Gasteiger partial charge is 0.184 e. The van der Waals surface area contributed by atoms with Gasteiger partial charge in [0.05, 0.1) is 41.3 Å². The standard InChI is InChI=1S/C29H32N4O3S/c34-27-7-2-1-6-24(27)31-29-32-25-9-8-22(18-28(25)37-29)36-23-10-11-30-26(17-23)21-5-3-4-20(16-21)19-33-12-14-35-15-13-33/h3-5,8-11,16-18,24,27,34H,1-2,6-7,12-15,19H2,(H,31,32)/t24-,27-/m1/s1. The van der Waals surface area contributed by atoms with Gasteiger partial charge in [0, 0.05) is 43.5 Å². The van der Waals surface area contributed by atoms with Crippen molar-refractivity contribution < 1.29 is 14.6 Å². The van der Waals surface area contributed by atoms with Crippen molar-refractivity contribution in [3.8, 4) is 22.8 Å². The van der Waals surface area contributed by atoms with Gasteiger partial charge < -0.3 is 19.9 Å². The van der Waals surface area contributed by atoms with E-state index in [2.05, 4.69) is 39.5 Å². The summed E-state index contributed by atoms with van der Waals surface area (Å²) in [6.45, 7) is 4.45. The van der Waals surface area contributed by atoms with Crippen LogP contribution in [0.1, 0.15) is 31.2 Å². The molecular weight excluding hydrogens is 484 g/mol. The molecular formula is C29H32N4O3S. The lowest BCUT2D eigenvalue weighted by atomic mass is 9.93. The number of rotatable bonds is 7. The Hall–Kier alpha value is -3.04. The maximum atomic E-state index is 10.3. The summed E-state index contributed by atoms with van der Waals surface area (Å²) in [5.74, 6) is 1.51. The number of fused-ring (bicyclic) bond motifs is 1. The number of hydrogen-bond acceptors (Lipinski definition) is 8. The number of benzene rings is 2. The van der Waals surface area contributed by atoms with Crippen LogP contribution in [0.3, 0.4) is 0 Å². The van der Waals surface area contributed by atoms with E-state index in [0.29, 0.717) is 0 Å². The van der Waals surface area contributed by atoms with E-state index in [1.165, 1.54) is 5.56 Å². The Morgan fingerprint density at radius 3 is 2.78 bits per heavy atom. The molecule has 0 radical (unpaired) electrons. The molecule has 1 saturated carbocycles. The van der Waals surface area contributed by atoms with Crippen LogP contribution in [0.4, 0.5) is 5.13 Å². The number of aliphatic hydroxyl groups is 1. The molecule has 1 aliphatic carbocycles. The van der Waals surface area contributed by atoms with Gasteiger partial charge in [0.2, 0.25) is 0 Å². The average molecular weight is 517 g/mol. The molecule has 2 aromatic carbocycles. The highest BCUT2D eigenvalue weighted by Crippen LogP contribution is 2.33. The molecule has 1 saturated heterocycles. The first-order valence-electron chi connectivity index (χ1n) is 13.1. The fourth-order valence-corrected chi connectivity index (χ4v) is 6.04. The van der Waals surface area contributed by atoms with E-state index >= 15 is 0 Å². The van der Waals surface area contributed by atoms with Crippen molar-refractivity contribution in [3.05, 3.63) is 66.4 Å². The van der Waals surface area contributed by atoms with Gasteiger partial charge in [-0.05, 0) is 42.7 Å². The van der Waals surface area contributed by atoms with Gasteiger partial charge in [-0.3, -0.25) is 9.88 Å². The predicted molar refractivity (Wildman–Crippen MR) is 147 cm³/mol. The molecule has 7 nitrogen and oxygen atoms in total. The normalized spacial score (nSPS) is 20.7. The Balaban J connectivity index is 1.15. The van der Waals surface area contributed by atoms with Crippen LogP contribution < -0.4 is 10.1 Å². The zero-order chi connectivity index (χ0) is 25.0. The highest BCUT2D eigenvalue weighted by Gasteiger charge is 2.23. The SMILES string of the molecule is O[C@@H]1CCCC[C@H]1Nc1nc2ccc(Oc3ccnc(-c4cccc(CN5CCOCC5)c4)c3)cc2s1. The molecule has 2 fully saturated rings. The molecule has 2 aromatic heterocycles. The maximum absolute atomic E-state index is 10.3. The molecule has 192 valence electrons. The van der Waals surface area contributed by atoms with E-state index in [1.807, 2.05) is 30.3 Å². The molecule has 0 spiro atoms. The monoisotopic (exact) mass is 516 g/mol. The fourth-order valence-electron chi connectivity index (χ4n) is 5.08. The Labute approximate surface area is 221 Å². The van der Waals surface area contributed by atoms with Crippen LogP contribution in [0.25, 0.3) is 21.5 Å². The number of anilines is 1. The van der Waals surface area contributed by atoms with E-state index < -0.39 is 0 Å². The number of thiazole rings is 1. The van der Waals surface area contributed by atoms with Crippen molar-refractivity contribution in [2.45, 2.75) is 44.4 Å². The van der Waals surface area contributed by atoms with Crippen LogP contribution in [0.5, 0.6) is 11.5 Å². The van der Waals surface area contributed by atoms with E-state index in [0.717, 1.165) is 96.6 Å². The summed E-state index contributed by atoms with van der Waals surface area (Å²) in [4.78, 5) is 11.7. The van der Waals surface area contributed by atoms with Crippen molar-refractivity contribution in [2.75, 3.05) is 31.6 Å². The summed E-state index contributed by atoms with van der Waals surface area (Å²) in [6, 6.07) is 18.5. The van der Waals surface area contributed by atoms with Gasteiger partial charge in [0.1, 0.15) is 11.5 Å². The first-order chi connectivity index (χ1) is 18.2. The van der Waals surface area contributed by atoms with Gasteiger partial charge in [-0.15, -0.1) is 0 Å². The van der Waals surface area contributed by atoms with Crippen molar-refractivity contribution in [1.29, 1.82) is 0 Å². The third-order valence-electron chi connectivity index (χ3n) is 7.10. The van der Waals surface area contributed by atoms with Crippen molar-refractivity contribution in [1.82, 2.24) is 14.9 Å². The average Bonchev–Trinajstić information content (AvgIpc) is 3.33. The van der Waals surface area contributed by atoms with Crippen LogP contribution in [0.2, 0.25) is 0 Å². The number of aliphatic hydroxyl groups excluding tert-OH is 1. The number of morpholine rings is 1. The van der Waals surface area contributed by atoms with Crippen molar-refractivity contribution >= 4 is 26.7 Å². The summed E-state index contributed by atoms with van der Waals surface area (Å²) >= 11 is 1.60. The minimum absolute atomic E-state index is 0.0765. The Morgan fingerprint density at radius 1 is 1.03 bits per heavy atom. The molecule has 3 heterocycles. The lowest BCUT2D eigenvalue weighted by Crippen LogP contribution is -2.36. The Kier molecular flexibility index (Phi) is 7.32. The van der Waals surface area contributed by atoms with Crippen LogP contribution in [-0.4, -0.2) is 58.4 Å². The van der Waals surface area contributed by atoms with E-state index in [1.54, 1.807) is 17.5 Å². The van der Waals surface area contributed by atoms with Crippen LogP contribution >= 0.6 is 11.3 Å². The number of nitrogens with one attached hydrogen (secondary N) is 1. The Morgan fingerprint density at radius 2 is 1.89 bits per heavy atom. The van der Waals surface area contributed by atoms with Crippen LogP contribution in [0.15, 0.2) is 60.8 Å². The molecule has 2 N–H and O–H groups in total. The second-order valence-corrected chi connectivity index (χ2v) is 10.8. The third-order valence-corrected chi connectivity index (χ3v) is 8.05. The lowest BCUT2D eigenvalue weighted by molar-refractivity contribution is 0.0342. The second kappa shape index (κ2) is 11.1. The molecule has 2 aliphatic rings. The molecule has 0 unspecified atom stereocenters. The summed E-state index contributed by atoms with van der Waals surface area (Å²) in [5.41, 5.74) is 4.17. The van der Waals surface area contributed by atoms with Gasteiger partial charge in [-0.25, -0.2) is 4.98 Å². The number of nitrogens with zero attached hydrogens (tertiary/aromatic N) is 3. The predicted octanol–water partition coefficient (Wildman–Crippen LogP) is 5.70. The van der Waals surface area contributed by atoms with Gasteiger partial charge in [-0.2, -0.15) is 0 Å². The third kappa shape index (κ3) is 5.93. The number of ether oxygens (including phenoxy) is 2. The molecule has 0 amide bonds. The molecule has 37 heavy (non-hydrogen) atoms. The first-order valence-corrected chi connectivity index (χ1v) is 13.9. The summed E-state index contributed by atoms with van der Waals surface area (Å²) in [7, 11) is 0. The minimum atomic E-state index is -0.305. The molecule has 8 heteroatoms. The summed E-state index contributed by atoms with van der Waals surface area (Å²) in [6.07, 6.45) is 5.56. The zero-order valence-electron chi connectivity index (χ0n) is 20.8. The van der Waals surface area contributed by atoms with Gasteiger partial charge >= 0.3 is 0 Å². The number of pyridine rings is 1. The van der Waals surface area contributed by atoms with Crippen molar-refractivity contribution in [2.24, 2.45) is 0 Å². The molecule has 6 rings (SSSR count). The fraction of sp³-hybridized carbons (Fsp3) is 0.379. The largest absolute Gasteiger partial charge is 0.457 e. The van der Waals surface area contributed by atoms with Gasteiger partial charge in [-0.1, -0.05) is 42.4 Å². The number of hydrogen-bond donors (Lipinski definition) is 2. The zero-order valence-corrected chi connectivity index (χ0v) is 21.6. The van der Waals surface area contributed by atoms with Crippen LogP contribution in [-0.2, 0) is 11.3 Å². The highest BCUT2D eigenvalue weighted by atomic mass is 32.1. The van der Waals surface area contributed by atoms with Gasteiger partial charge in [0.25, 0.3) is 0 Å². The molecule has 0 bridgehead atoms. The van der Waals surface area contributed by atoms with E-state index in [-0.39, 0.29) is 12.1 Å². The van der Waals surface area contributed by atoms with Crippen LogP contribution in [0, 0.1) is 0 Å². The summed E-state index contributed by atoms with van der Waals surface area (Å²) < 4.78 is 12.8. The highest BCUT2D eigenvalue weighted by molar-refractivity contribution is 7.22. The van der Waals surface area contributed by atoms with Gasteiger partial charge in [0.15, 0.2) is 5.13 Å².